The zero-order valence-corrected chi connectivity index (χ0v) is 13.1. The minimum Gasteiger partial charge on any atom is -0.325 e. The van der Waals surface area contributed by atoms with Gasteiger partial charge in [0.15, 0.2) is 11.6 Å². The molecule has 0 saturated heterocycles. The molecule has 0 aliphatic heterocycles. The van der Waals surface area contributed by atoms with E-state index in [-0.39, 0.29) is 15.6 Å². The number of halogens is 3. The van der Waals surface area contributed by atoms with Crippen molar-refractivity contribution >= 4 is 33.2 Å². The third kappa shape index (κ3) is 4.47. The molecular formula is C14H11ClF2N2O3S. The molecule has 2 aromatic carbocycles. The van der Waals surface area contributed by atoms with Crippen molar-refractivity contribution < 1.29 is 22.0 Å². The van der Waals surface area contributed by atoms with E-state index < -0.39 is 34.1 Å². The lowest BCUT2D eigenvalue weighted by Gasteiger charge is -2.09. The fourth-order valence-electron chi connectivity index (χ4n) is 1.68. The van der Waals surface area contributed by atoms with Crippen LogP contribution >= 0.6 is 11.6 Å². The normalized spacial score (nSPS) is 11.3. The first kappa shape index (κ1) is 17.3. The second-order valence-electron chi connectivity index (χ2n) is 4.43. The Morgan fingerprint density at radius 1 is 1.09 bits per heavy atom. The van der Waals surface area contributed by atoms with Gasteiger partial charge in [0.2, 0.25) is 15.9 Å². The first-order valence-electron chi connectivity index (χ1n) is 6.29. The van der Waals surface area contributed by atoms with Crippen molar-refractivity contribution in [3.05, 3.63) is 59.1 Å². The van der Waals surface area contributed by atoms with Crippen molar-refractivity contribution in [3.63, 3.8) is 0 Å². The maximum atomic E-state index is 13.0. The van der Waals surface area contributed by atoms with E-state index in [2.05, 4.69) is 10.0 Å². The van der Waals surface area contributed by atoms with Crippen molar-refractivity contribution in [2.75, 3.05) is 11.9 Å². The number of carbonyl (C=O) groups is 1. The molecule has 0 unspecified atom stereocenters. The zero-order chi connectivity index (χ0) is 17.0. The van der Waals surface area contributed by atoms with Crippen LogP contribution in [0.2, 0.25) is 5.02 Å². The molecule has 23 heavy (non-hydrogen) atoms. The molecule has 0 aliphatic carbocycles. The number of rotatable bonds is 5. The summed E-state index contributed by atoms with van der Waals surface area (Å²) in [5.41, 5.74) is 0.00541. The molecule has 0 radical (unpaired) electrons. The van der Waals surface area contributed by atoms with E-state index in [1.807, 2.05) is 0 Å². The highest BCUT2D eigenvalue weighted by atomic mass is 35.5. The second-order valence-corrected chi connectivity index (χ2v) is 6.57. The van der Waals surface area contributed by atoms with Crippen molar-refractivity contribution in [2.24, 2.45) is 0 Å². The Morgan fingerprint density at radius 2 is 1.78 bits per heavy atom. The number of hydrogen-bond acceptors (Lipinski definition) is 3. The van der Waals surface area contributed by atoms with Crippen LogP contribution in [-0.2, 0) is 14.8 Å². The number of nitrogens with one attached hydrogen (secondary N) is 2. The van der Waals surface area contributed by atoms with E-state index in [1.165, 1.54) is 18.2 Å². The first-order chi connectivity index (χ1) is 10.8. The second kappa shape index (κ2) is 7.03. The summed E-state index contributed by atoms with van der Waals surface area (Å²) in [6, 6.07) is 8.53. The molecule has 0 bridgehead atoms. The lowest BCUT2D eigenvalue weighted by atomic mass is 10.3. The van der Waals surface area contributed by atoms with Gasteiger partial charge in [-0.3, -0.25) is 4.79 Å². The third-order valence-corrected chi connectivity index (χ3v) is 4.65. The van der Waals surface area contributed by atoms with Crippen LogP contribution < -0.4 is 10.0 Å². The van der Waals surface area contributed by atoms with Crippen LogP contribution in [-0.4, -0.2) is 20.9 Å². The van der Waals surface area contributed by atoms with Gasteiger partial charge < -0.3 is 5.32 Å². The van der Waals surface area contributed by atoms with Gasteiger partial charge in [-0.1, -0.05) is 23.7 Å². The standard InChI is InChI=1S/C14H11ClF2N2O3S/c15-10-3-1-2-4-13(10)23(21,22)18-8-14(20)19-9-5-6-11(16)12(17)7-9/h1-7,18H,8H2,(H,19,20). The Bertz CT molecular complexity index is 844. The molecule has 2 rings (SSSR count). The fraction of sp³-hybridized carbons (Fsp3) is 0.0714. The summed E-state index contributed by atoms with van der Waals surface area (Å²) in [5.74, 6) is -2.92. The van der Waals surface area contributed by atoms with Gasteiger partial charge in [0.1, 0.15) is 4.90 Å². The lowest BCUT2D eigenvalue weighted by Crippen LogP contribution is -2.33. The molecule has 0 fully saturated rings. The maximum Gasteiger partial charge on any atom is 0.242 e. The predicted molar refractivity (Wildman–Crippen MR) is 81.6 cm³/mol. The van der Waals surface area contributed by atoms with Crippen LogP contribution in [0.15, 0.2) is 47.4 Å². The smallest absolute Gasteiger partial charge is 0.242 e. The number of hydrogen-bond donors (Lipinski definition) is 2. The summed E-state index contributed by atoms with van der Waals surface area (Å²) < 4.78 is 51.9. The summed E-state index contributed by atoms with van der Waals surface area (Å²) in [6.07, 6.45) is 0. The molecule has 0 heterocycles. The van der Waals surface area contributed by atoms with E-state index in [4.69, 9.17) is 11.6 Å². The summed E-state index contributed by atoms with van der Waals surface area (Å²) in [4.78, 5) is 11.5. The Balaban J connectivity index is 2.01. The molecule has 2 N–H and O–H groups in total. The highest BCUT2D eigenvalue weighted by Crippen LogP contribution is 2.20. The van der Waals surface area contributed by atoms with E-state index in [0.29, 0.717) is 0 Å². The molecule has 122 valence electrons. The van der Waals surface area contributed by atoms with Gasteiger partial charge in [0, 0.05) is 11.8 Å². The van der Waals surface area contributed by atoms with Gasteiger partial charge in [-0.2, -0.15) is 0 Å². The van der Waals surface area contributed by atoms with Gasteiger partial charge >= 0.3 is 0 Å². The molecule has 0 spiro atoms. The average molecular weight is 361 g/mol. The molecule has 0 saturated carbocycles. The summed E-state index contributed by atoms with van der Waals surface area (Å²) >= 11 is 5.79. The Kier molecular flexibility index (Phi) is 5.30. The topological polar surface area (TPSA) is 75.3 Å². The molecule has 0 aromatic heterocycles. The van der Waals surface area contributed by atoms with Crippen LogP contribution in [0.1, 0.15) is 0 Å². The summed E-state index contributed by atoms with van der Waals surface area (Å²) in [5, 5.41) is 2.26. The average Bonchev–Trinajstić information content (AvgIpc) is 2.49. The van der Waals surface area contributed by atoms with Crippen molar-refractivity contribution in [2.45, 2.75) is 4.90 Å². The lowest BCUT2D eigenvalue weighted by molar-refractivity contribution is -0.115. The molecule has 0 aliphatic rings. The Labute approximate surface area is 136 Å². The van der Waals surface area contributed by atoms with Gasteiger partial charge in [-0.05, 0) is 24.3 Å². The highest BCUT2D eigenvalue weighted by molar-refractivity contribution is 7.89. The number of benzene rings is 2. The van der Waals surface area contributed by atoms with Gasteiger partial charge in [0.05, 0.1) is 11.6 Å². The van der Waals surface area contributed by atoms with Crippen molar-refractivity contribution in [1.82, 2.24) is 4.72 Å². The third-order valence-electron chi connectivity index (χ3n) is 2.75. The first-order valence-corrected chi connectivity index (χ1v) is 8.15. The largest absolute Gasteiger partial charge is 0.325 e. The highest BCUT2D eigenvalue weighted by Gasteiger charge is 2.18. The van der Waals surface area contributed by atoms with Crippen LogP contribution in [0, 0.1) is 11.6 Å². The van der Waals surface area contributed by atoms with E-state index in [9.17, 15) is 22.0 Å². The molecule has 1 amide bonds. The minimum atomic E-state index is -3.97. The summed E-state index contributed by atoms with van der Waals surface area (Å²) in [6.45, 7) is -0.591. The molecule has 0 atom stereocenters. The van der Waals surface area contributed by atoms with Gasteiger partial charge in [-0.15, -0.1) is 0 Å². The molecular weight excluding hydrogens is 350 g/mol. The number of carbonyl (C=O) groups excluding carboxylic acids is 1. The molecule has 9 heteroatoms. The number of sulfonamides is 1. The van der Waals surface area contributed by atoms with Crippen LogP contribution in [0.5, 0.6) is 0 Å². The quantitative estimate of drug-likeness (QED) is 0.860. The summed E-state index contributed by atoms with van der Waals surface area (Å²) in [7, 11) is -3.97. The van der Waals surface area contributed by atoms with Crippen LogP contribution in [0.3, 0.4) is 0 Å². The van der Waals surface area contributed by atoms with Crippen molar-refractivity contribution in [3.8, 4) is 0 Å². The van der Waals surface area contributed by atoms with Crippen LogP contribution in [0.25, 0.3) is 0 Å². The van der Waals surface area contributed by atoms with E-state index >= 15 is 0 Å². The van der Waals surface area contributed by atoms with Gasteiger partial charge in [-0.25, -0.2) is 21.9 Å². The molecule has 5 nitrogen and oxygen atoms in total. The maximum absolute atomic E-state index is 13.0. The van der Waals surface area contributed by atoms with E-state index in [1.54, 1.807) is 6.07 Å². The Hall–Kier alpha value is -2.03. The Morgan fingerprint density at radius 3 is 2.43 bits per heavy atom. The minimum absolute atomic E-state index is 0.00541. The van der Waals surface area contributed by atoms with Gasteiger partial charge in [0.25, 0.3) is 0 Å². The van der Waals surface area contributed by atoms with Crippen molar-refractivity contribution in [1.29, 1.82) is 0 Å². The predicted octanol–water partition coefficient (Wildman–Crippen LogP) is 2.54. The van der Waals surface area contributed by atoms with Crippen LogP contribution in [0.4, 0.5) is 14.5 Å². The SMILES string of the molecule is O=C(CNS(=O)(=O)c1ccccc1Cl)Nc1ccc(F)c(F)c1. The molecule has 2 aromatic rings. The van der Waals surface area contributed by atoms with E-state index in [0.717, 1.165) is 18.2 Å². The number of anilines is 1. The monoisotopic (exact) mass is 360 g/mol. The number of amides is 1. The fourth-order valence-corrected chi connectivity index (χ4v) is 3.18. The zero-order valence-electron chi connectivity index (χ0n) is 11.5.